The fourth-order valence-corrected chi connectivity index (χ4v) is 2.27. The summed E-state index contributed by atoms with van der Waals surface area (Å²) in [6.07, 6.45) is 4.12. The molecular formula is C12H18ClN3O. The number of rotatable bonds is 6. The van der Waals surface area contributed by atoms with E-state index in [1.165, 1.54) is 0 Å². The van der Waals surface area contributed by atoms with Gasteiger partial charge >= 0.3 is 0 Å². The van der Waals surface area contributed by atoms with Crippen LogP contribution in [0.4, 0.5) is 5.95 Å². The van der Waals surface area contributed by atoms with Gasteiger partial charge in [-0.1, -0.05) is 11.6 Å². The van der Waals surface area contributed by atoms with Crippen molar-refractivity contribution in [1.82, 2.24) is 9.97 Å². The van der Waals surface area contributed by atoms with Crippen molar-refractivity contribution in [2.75, 3.05) is 25.1 Å². The van der Waals surface area contributed by atoms with Gasteiger partial charge in [-0.3, -0.25) is 0 Å². The number of nitrogens with one attached hydrogen (secondary N) is 1. The monoisotopic (exact) mass is 255 g/mol. The molecule has 0 unspecified atom stereocenters. The van der Waals surface area contributed by atoms with Gasteiger partial charge in [-0.15, -0.1) is 0 Å². The fourth-order valence-electron chi connectivity index (χ4n) is 1.98. The molecule has 0 bridgehead atoms. The SMILES string of the molecule is CCOCCCNc1nc(Cl)c2c(n1)CCC2. The highest BCUT2D eigenvalue weighted by molar-refractivity contribution is 6.30. The molecule has 4 nitrogen and oxygen atoms in total. The van der Waals surface area contributed by atoms with E-state index in [0.717, 1.165) is 56.7 Å². The van der Waals surface area contributed by atoms with Crippen molar-refractivity contribution in [3.8, 4) is 0 Å². The van der Waals surface area contributed by atoms with Crippen molar-refractivity contribution in [1.29, 1.82) is 0 Å². The van der Waals surface area contributed by atoms with E-state index < -0.39 is 0 Å². The van der Waals surface area contributed by atoms with Crippen LogP contribution in [-0.2, 0) is 17.6 Å². The maximum atomic E-state index is 6.12. The van der Waals surface area contributed by atoms with Gasteiger partial charge in [0.25, 0.3) is 0 Å². The molecule has 1 aromatic rings. The molecule has 0 saturated carbocycles. The lowest BCUT2D eigenvalue weighted by atomic mass is 10.3. The van der Waals surface area contributed by atoms with Crippen molar-refractivity contribution in [3.05, 3.63) is 16.4 Å². The Morgan fingerprint density at radius 3 is 3.06 bits per heavy atom. The summed E-state index contributed by atoms with van der Waals surface area (Å²) in [6.45, 7) is 4.34. The van der Waals surface area contributed by atoms with Gasteiger partial charge in [0.15, 0.2) is 0 Å². The first-order chi connectivity index (χ1) is 8.31. The van der Waals surface area contributed by atoms with Crippen LogP contribution in [-0.4, -0.2) is 29.7 Å². The Labute approximate surface area is 107 Å². The standard InChI is InChI=1S/C12H18ClN3O/c1-2-17-8-4-7-14-12-15-10-6-3-5-9(10)11(13)16-12/h2-8H2,1H3,(H,14,15,16). The Hall–Kier alpha value is -0.870. The van der Waals surface area contributed by atoms with Crippen molar-refractivity contribution < 1.29 is 4.74 Å². The van der Waals surface area contributed by atoms with Gasteiger partial charge in [0.05, 0.1) is 5.69 Å². The number of aryl methyl sites for hydroxylation is 1. The van der Waals surface area contributed by atoms with Crippen molar-refractivity contribution in [2.24, 2.45) is 0 Å². The molecule has 1 aliphatic rings. The van der Waals surface area contributed by atoms with Gasteiger partial charge in [-0.05, 0) is 32.6 Å². The predicted octanol–water partition coefficient (Wildman–Crippen LogP) is 2.46. The zero-order valence-electron chi connectivity index (χ0n) is 10.1. The average Bonchev–Trinajstić information content (AvgIpc) is 2.77. The summed E-state index contributed by atoms with van der Waals surface area (Å²) in [5.41, 5.74) is 2.24. The molecule has 0 aliphatic heterocycles. The molecule has 2 rings (SSSR count). The Bertz CT molecular complexity index is 384. The van der Waals surface area contributed by atoms with Crippen LogP contribution in [0.1, 0.15) is 31.0 Å². The highest BCUT2D eigenvalue weighted by Gasteiger charge is 2.17. The Morgan fingerprint density at radius 2 is 2.24 bits per heavy atom. The van der Waals surface area contributed by atoms with Gasteiger partial charge < -0.3 is 10.1 Å². The molecule has 94 valence electrons. The number of hydrogen-bond acceptors (Lipinski definition) is 4. The third kappa shape index (κ3) is 3.30. The smallest absolute Gasteiger partial charge is 0.224 e. The van der Waals surface area contributed by atoms with Crippen molar-refractivity contribution >= 4 is 17.5 Å². The van der Waals surface area contributed by atoms with Gasteiger partial charge in [-0.25, -0.2) is 9.97 Å². The number of hydrogen-bond donors (Lipinski definition) is 1. The molecule has 1 heterocycles. The maximum absolute atomic E-state index is 6.12. The van der Waals surface area contributed by atoms with E-state index in [1.54, 1.807) is 0 Å². The molecule has 0 fully saturated rings. The van der Waals surface area contributed by atoms with E-state index in [1.807, 2.05) is 6.92 Å². The molecule has 1 aromatic heterocycles. The molecule has 1 aliphatic carbocycles. The normalized spacial score (nSPS) is 13.8. The molecule has 0 radical (unpaired) electrons. The van der Waals surface area contributed by atoms with Crippen LogP contribution in [0.5, 0.6) is 0 Å². The van der Waals surface area contributed by atoms with Crippen molar-refractivity contribution in [2.45, 2.75) is 32.6 Å². The molecule has 0 spiro atoms. The van der Waals surface area contributed by atoms with Crippen molar-refractivity contribution in [3.63, 3.8) is 0 Å². The highest BCUT2D eigenvalue weighted by atomic mass is 35.5. The van der Waals surface area contributed by atoms with E-state index in [9.17, 15) is 0 Å². The van der Waals surface area contributed by atoms with Crippen LogP contribution in [0.3, 0.4) is 0 Å². The number of aromatic nitrogens is 2. The lowest BCUT2D eigenvalue weighted by molar-refractivity contribution is 0.147. The summed E-state index contributed by atoms with van der Waals surface area (Å²) < 4.78 is 5.26. The van der Waals surface area contributed by atoms with E-state index in [2.05, 4.69) is 15.3 Å². The summed E-state index contributed by atoms with van der Waals surface area (Å²) in [7, 11) is 0. The quantitative estimate of drug-likeness (QED) is 0.627. The van der Waals surface area contributed by atoms with Crippen LogP contribution < -0.4 is 5.32 Å². The lowest BCUT2D eigenvalue weighted by Crippen LogP contribution is -2.09. The van der Waals surface area contributed by atoms with E-state index in [0.29, 0.717) is 11.1 Å². The molecular weight excluding hydrogens is 238 g/mol. The second-order valence-corrected chi connectivity index (χ2v) is 4.45. The third-order valence-electron chi connectivity index (χ3n) is 2.84. The van der Waals surface area contributed by atoms with E-state index in [4.69, 9.17) is 16.3 Å². The predicted molar refractivity (Wildman–Crippen MR) is 68.7 cm³/mol. The average molecular weight is 256 g/mol. The number of nitrogens with zero attached hydrogens (tertiary/aromatic N) is 2. The van der Waals surface area contributed by atoms with E-state index in [-0.39, 0.29) is 0 Å². The fraction of sp³-hybridized carbons (Fsp3) is 0.667. The largest absolute Gasteiger partial charge is 0.382 e. The Balaban J connectivity index is 1.87. The minimum absolute atomic E-state index is 0.611. The zero-order valence-corrected chi connectivity index (χ0v) is 10.9. The minimum Gasteiger partial charge on any atom is -0.382 e. The number of fused-ring (bicyclic) bond motifs is 1. The lowest BCUT2D eigenvalue weighted by Gasteiger charge is -2.07. The highest BCUT2D eigenvalue weighted by Crippen LogP contribution is 2.26. The van der Waals surface area contributed by atoms with Crippen LogP contribution in [0.15, 0.2) is 0 Å². The Kier molecular flexibility index (Phi) is 4.57. The summed E-state index contributed by atoms with van der Waals surface area (Å²) >= 11 is 6.12. The molecule has 1 N–H and O–H groups in total. The molecule has 0 amide bonds. The van der Waals surface area contributed by atoms with Crippen LogP contribution >= 0.6 is 11.6 Å². The number of anilines is 1. The summed E-state index contributed by atoms with van der Waals surface area (Å²) in [5, 5.41) is 3.80. The molecule has 0 saturated heterocycles. The second kappa shape index (κ2) is 6.17. The summed E-state index contributed by atoms with van der Waals surface area (Å²) in [5.74, 6) is 0.646. The molecule has 5 heteroatoms. The molecule has 0 aromatic carbocycles. The minimum atomic E-state index is 0.611. The van der Waals surface area contributed by atoms with Crippen LogP contribution in [0, 0.1) is 0 Å². The second-order valence-electron chi connectivity index (χ2n) is 4.09. The maximum Gasteiger partial charge on any atom is 0.224 e. The first kappa shape index (κ1) is 12.6. The Morgan fingerprint density at radius 1 is 1.35 bits per heavy atom. The summed E-state index contributed by atoms with van der Waals surface area (Å²) in [6, 6.07) is 0. The number of halogens is 1. The first-order valence-corrected chi connectivity index (χ1v) is 6.56. The molecule has 17 heavy (non-hydrogen) atoms. The number of ether oxygens (including phenoxy) is 1. The van der Waals surface area contributed by atoms with Gasteiger partial charge in [-0.2, -0.15) is 0 Å². The molecule has 0 atom stereocenters. The zero-order chi connectivity index (χ0) is 12.1. The third-order valence-corrected chi connectivity index (χ3v) is 3.15. The topological polar surface area (TPSA) is 47.0 Å². The first-order valence-electron chi connectivity index (χ1n) is 6.18. The van der Waals surface area contributed by atoms with Crippen LogP contribution in [0.2, 0.25) is 5.15 Å². The van der Waals surface area contributed by atoms with Gasteiger partial charge in [0, 0.05) is 25.3 Å². The van der Waals surface area contributed by atoms with E-state index >= 15 is 0 Å². The van der Waals surface area contributed by atoms with Gasteiger partial charge in [0.1, 0.15) is 5.15 Å². The van der Waals surface area contributed by atoms with Gasteiger partial charge in [0.2, 0.25) is 5.95 Å². The summed E-state index contributed by atoms with van der Waals surface area (Å²) in [4.78, 5) is 8.75. The van der Waals surface area contributed by atoms with Crippen LogP contribution in [0.25, 0.3) is 0 Å².